The minimum atomic E-state index is -1.25. The molecule has 2 amide bonds. The first-order chi connectivity index (χ1) is 14.3. The van der Waals surface area contributed by atoms with Crippen molar-refractivity contribution in [1.29, 1.82) is 0 Å². The average molecular weight is 427 g/mol. The molecular weight excluding hydrogens is 407 g/mol. The van der Waals surface area contributed by atoms with Crippen LogP contribution in [0.15, 0.2) is 42.5 Å². The Labute approximate surface area is 179 Å². The lowest BCUT2D eigenvalue weighted by Crippen LogP contribution is -2.58. The summed E-state index contributed by atoms with van der Waals surface area (Å²) in [5.74, 6) is 1.57. The van der Waals surface area contributed by atoms with Gasteiger partial charge in [0.2, 0.25) is 0 Å². The predicted octanol–water partition coefficient (Wildman–Crippen LogP) is 2.96. The van der Waals surface area contributed by atoms with E-state index in [0.29, 0.717) is 41.1 Å². The Bertz CT molecular complexity index is 1040. The second-order valence-corrected chi connectivity index (χ2v) is 8.10. The van der Waals surface area contributed by atoms with Crippen molar-refractivity contribution in [3.05, 3.63) is 58.9 Å². The SMILES string of the molecule is C#C[C@@H]1CN(C(=O)C2(O)CC2)CCN1C(=O)c1ccc(-c2ccc(Cl)cc2F)cc1. The summed E-state index contributed by atoms with van der Waals surface area (Å²) in [5.41, 5.74) is 0.194. The van der Waals surface area contributed by atoms with Crippen LogP contribution in [0.5, 0.6) is 0 Å². The van der Waals surface area contributed by atoms with Gasteiger partial charge < -0.3 is 14.9 Å². The summed E-state index contributed by atoms with van der Waals surface area (Å²) in [7, 11) is 0. The number of halogens is 2. The van der Waals surface area contributed by atoms with Gasteiger partial charge in [0.1, 0.15) is 17.5 Å². The summed E-state index contributed by atoms with van der Waals surface area (Å²) in [6.07, 6.45) is 6.56. The standard InChI is InChI=1S/C23H20ClFN2O3/c1-2-18-14-26(22(29)23(30)9-10-23)11-12-27(18)21(28)16-5-3-15(4-6-16)19-8-7-17(24)13-20(19)25/h1,3-8,13,18,30H,9-12,14H2/t18-/m1/s1. The Morgan fingerprint density at radius 1 is 1.17 bits per heavy atom. The first-order valence-corrected chi connectivity index (χ1v) is 10.0. The van der Waals surface area contributed by atoms with Gasteiger partial charge in [-0.1, -0.05) is 29.7 Å². The number of amides is 2. The number of aliphatic hydroxyl groups is 1. The molecule has 0 unspecified atom stereocenters. The van der Waals surface area contributed by atoms with Gasteiger partial charge in [0.05, 0.1) is 6.54 Å². The van der Waals surface area contributed by atoms with Crippen molar-refractivity contribution in [3.63, 3.8) is 0 Å². The summed E-state index contributed by atoms with van der Waals surface area (Å²) >= 11 is 5.80. The van der Waals surface area contributed by atoms with E-state index in [1.807, 2.05) is 0 Å². The van der Waals surface area contributed by atoms with Crippen molar-refractivity contribution in [2.75, 3.05) is 19.6 Å². The average Bonchev–Trinajstić information content (AvgIpc) is 3.51. The van der Waals surface area contributed by atoms with Crippen molar-refractivity contribution < 1.29 is 19.1 Å². The molecule has 7 heteroatoms. The monoisotopic (exact) mass is 426 g/mol. The van der Waals surface area contributed by atoms with Crippen molar-refractivity contribution >= 4 is 23.4 Å². The molecular formula is C23H20ClFN2O3. The maximum absolute atomic E-state index is 14.1. The van der Waals surface area contributed by atoms with Crippen LogP contribution in [0, 0.1) is 18.2 Å². The van der Waals surface area contributed by atoms with Crippen LogP contribution < -0.4 is 0 Å². The Kier molecular flexibility index (Phi) is 5.27. The first kappa shape index (κ1) is 20.4. The lowest BCUT2D eigenvalue weighted by Gasteiger charge is -2.39. The Morgan fingerprint density at radius 2 is 1.87 bits per heavy atom. The summed E-state index contributed by atoms with van der Waals surface area (Å²) < 4.78 is 14.1. The number of nitrogens with zero attached hydrogens (tertiary/aromatic N) is 2. The van der Waals surface area contributed by atoms with Crippen molar-refractivity contribution in [1.82, 2.24) is 9.80 Å². The molecule has 2 aromatic rings. The molecule has 0 bridgehead atoms. The summed E-state index contributed by atoms with van der Waals surface area (Å²) in [5, 5.41) is 10.4. The molecule has 0 aromatic heterocycles. The van der Waals surface area contributed by atoms with E-state index in [9.17, 15) is 19.1 Å². The zero-order valence-corrected chi connectivity index (χ0v) is 16.9. The molecule has 2 aliphatic rings. The normalized spacial score (nSPS) is 19.9. The van der Waals surface area contributed by atoms with Gasteiger partial charge in [-0.25, -0.2) is 4.39 Å². The van der Waals surface area contributed by atoms with Crippen LogP contribution in [0.2, 0.25) is 5.02 Å². The van der Waals surface area contributed by atoms with Gasteiger partial charge in [0, 0.05) is 29.2 Å². The second-order valence-electron chi connectivity index (χ2n) is 7.67. The molecule has 2 aromatic carbocycles. The Balaban J connectivity index is 1.49. The molecule has 4 rings (SSSR count). The summed E-state index contributed by atoms with van der Waals surface area (Å²) in [6.45, 7) is 0.791. The first-order valence-electron chi connectivity index (χ1n) is 9.67. The number of rotatable bonds is 3. The maximum atomic E-state index is 14.1. The van der Waals surface area contributed by atoms with E-state index < -0.39 is 17.5 Å². The van der Waals surface area contributed by atoms with E-state index in [1.165, 1.54) is 11.0 Å². The fourth-order valence-electron chi connectivity index (χ4n) is 3.66. The molecule has 2 fully saturated rings. The zero-order valence-electron chi connectivity index (χ0n) is 16.1. The predicted molar refractivity (Wildman–Crippen MR) is 111 cm³/mol. The van der Waals surface area contributed by atoms with Crippen LogP contribution in [0.4, 0.5) is 4.39 Å². The highest BCUT2D eigenvalue weighted by Gasteiger charge is 2.51. The van der Waals surface area contributed by atoms with E-state index in [4.69, 9.17) is 18.0 Å². The minimum Gasteiger partial charge on any atom is -0.380 e. The number of hydrogen-bond acceptors (Lipinski definition) is 3. The fourth-order valence-corrected chi connectivity index (χ4v) is 3.82. The van der Waals surface area contributed by atoms with Gasteiger partial charge in [0.15, 0.2) is 0 Å². The van der Waals surface area contributed by atoms with E-state index in [1.54, 1.807) is 41.3 Å². The molecule has 5 nitrogen and oxygen atoms in total. The molecule has 154 valence electrons. The van der Waals surface area contributed by atoms with Crippen LogP contribution in [0.25, 0.3) is 11.1 Å². The smallest absolute Gasteiger partial charge is 0.254 e. The van der Waals surface area contributed by atoms with E-state index in [0.717, 1.165) is 0 Å². The molecule has 0 spiro atoms. The molecule has 1 atom stereocenters. The number of terminal acetylenes is 1. The highest BCUT2D eigenvalue weighted by Crippen LogP contribution is 2.37. The Hall–Kier alpha value is -2.88. The fraction of sp³-hybridized carbons (Fsp3) is 0.304. The van der Waals surface area contributed by atoms with Gasteiger partial charge in [-0.15, -0.1) is 6.42 Å². The van der Waals surface area contributed by atoms with E-state index >= 15 is 0 Å². The maximum Gasteiger partial charge on any atom is 0.254 e. The molecule has 1 saturated carbocycles. The van der Waals surface area contributed by atoms with Gasteiger partial charge in [-0.05, 0) is 48.7 Å². The zero-order chi connectivity index (χ0) is 21.5. The van der Waals surface area contributed by atoms with Crippen LogP contribution in [-0.2, 0) is 4.79 Å². The number of carbonyl (C=O) groups excluding carboxylic acids is 2. The third kappa shape index (κ3) is 3.79. The quantitative estimate of drug-likeness (QED) is 0.768. The number of carbonyl (C=O) groups is 2. The highest BCUT2D eigenvalue weighted by atomic mass is 35.5. The van der Waals surface area contributed by atoms with Gasteiger partial charge >= 0.3 is 0 Å². The van der Waals surface area contributed by atoms with Crippen molar-refractivity contribution in [2.45, 2.75) is 24.5 Å². The third-order valence-corrected chi connectivity index (χ3v) is 5.85. The largest absolute Gasteiger partial charge is 0.380 e. The van der Waals surface area contributed by atoms with E-state index in [-0.39, 0.29) is 24.9 Å². The molecule has 1 heterocycles. The molecule has 1 aliphatic carbocycles. The van der Waals surface area contributed by atoms with E-state index in [2.05, 4.69) is 5.92 Å². The van der Waals surface area contributed by atoms with Gasteiger partial charge in [0.25, 0.3) is 11.8 Å². The van der Waals surface area contributed by atoms with Gasteiger partial charge in [-0.3, -0.25) is 9.59 Å². The van der Waals surface area contributed by atoms with Crippen LogP contribution in [-0.4, -0.2) is 58.0 Å². The van der Waals surface area contributed by atoms with Crippen molar-refractivity contribution in [2.24, 2.45) is 0 Å². The summed E-state index contributed by atoms with van der Waals surface area (Å²) in [6, 6.07) is 10.5. The lowest BCUT2D eigenvalue weighted by molar-refractivity contribution is -0.144. The van der Waals surface area contributed by atoms with Crippen molar-refractivity contribution in [3.8, 4) is 23.5 Å². The summed E-state index contributed by atoms with van der Waals surface area (Å²) in [4.78, 5) is 28.5. The lowest BCUT2D eigenvalue weighted by atomic mass is 10.0. The van der Waals surface area contributed by atoms with Gasteiger partial charge in [-0.2, -0.15) is 0 Å². The molecule has 1 aliphatic heterocycles. The molecule has 1 saturated heterocycles. The molecule has 30 heavy (non-hydrogen) atoms. The minimum absolute atomic E-state index is 0.192. The van der Waals surface area contributed by atoms with Crippen LogP contribution in [0.3, 0.4) is 0 Å². The molecule has 1 N–H and O–H groups in total. The number of hydrogen-bond donors (Lipinski definition) is 1. The highest BCUT2D eigenvalue weighted by molar-refractivity contribution is 6.30. The second kappa shape index (κ2) is 7.75. The van der Waals surface area contributed by atoms with Crippen LogP contribution in [0.1, 0.15) is 23.2 Å². The molecule has 0 radical (unpaired) electrons. The topological polar surface area (TPSA) is 60.9 Å². The Morgan fingerprint density at radius 3 is 2.47 bits per heavy atom. The number of benzene rings is 2. The third-order valence-electron chi connectivity index (χ3n) is 5.62. The van der Waals surface area contributed by atoms with Crippen LogP contribution >= 0.6 is 11.6 Å². The number of piperazine rings is 1.